The number of carboxylic acids is 1. The number of carbonyl (C=O) groups excluding carboxylic acids is 2. The van der Waals surface area contributed by atoms with E-state index < -0.39 is 17.7 Å². The Morgan fingerprint density at radius 3 is 1.84 bits per heavy atom. The van der Waals surface area contributed by atoms with Gasteiger partial charge in [0, 0.05) is 12.4 Å². The number of ketones is 1. The fourth-order valence-corrected chi connectivity index (χ4v) is 2.65. The molecule has 0 aliphatic rings. The quantitative estimate of drug-likeness (QED) is 0.188. The van der Waals surface area contributed by atoms with Crippen LogP contribution in [0.25, 0.3) is 0 Å². The molecule has 0 bridgehead atoms. The van der Waals surface area contributed by atoms with Crippen LogP contribution >= 0.6 is 23.5 Å². The highest BCUT2D eigenvalue weighted by Gasteiger charge is 2.19. The van der Waals surface area contributed by atoms with Crippen LogP contribution in [0.15, 0.2) is 22.7 Å². The smallest absolute Gasteiger partial charge is 0.342 e. The maximum absolute atomic E-state index is 11.8. The highest BCUT2D eigenvalue weighted by atomic mass is 32.2. The van der Waals surface area contributed by atoms with Crippen molar-refractivity contribution in [3.05, 3.63) is 23.5 Å². The van der Waals surface area contributed by atoms with Gasteiger partial charge in [0.05, 0.1) is 26.4 Å². The van der Waals surface area contributed by atoms with Crippen LogP contribution in [0.3, 0.4) is 0 Å². The number of aromatic carboxylic acids is 1. The summed E-state index contributed by atoms with van der Waals surface area (Å²) >= 11 is 2.66. The average Bonchev–Trinajstić information content (AvgIpc) is 2.78. The molecule has 2 heterocycles. The van der Waals surface area contributed by atoms with Crippen LogP contribution in [0.5, 0.6) is 11.8 Å². The molecular weight excluding hydrogens is 448 g/mol. The third-order valence-corrected chi connectivity index (χ3v) is 4.48. The first kappa shape index (κ1) is 26.1. The lowest BCUT2D eigenvalue weighted by Gasteiger charge is -2.06. The van der Waals surface area contributed by atoms with E-state index in [4.69, 9.17) is 19.3 Å². The van der Waals surface area contributed by atoms with Crippen LogP contribution < -0.4 is 9.47 Å². The molecule has 13 heteroatoms. The first-order valence-electron chi connectivity index (χ1n) is 8.63. The largest absolute Gasteiger partial charge is 0.480 e. The summed E-state index contributed by atoms with van der Waals surface area (Å²) in [4.78, 5) is 49.4. The zero-order valence-electron chi connectivity index (χ0n) is 17.6. The molecular formula is C18H22N4O7S2. The molecule has 11 nitrogen and oxygen atoms in total. The van der Waals surface area contributed by atoms with Crippen molar-refractivity contribution in [3.8, 4) is 11.8 Å². The number of esters is 1. The molecule has 0 fully saturated rings. The fourth-order valence-electron chi connectivity index (χ4n) is 1.99. The molecule has 0 unspecified atom stereocenters. The van der Waals surface area contributed by atoms with E-state index in [1.165, 1.54) is 50.1 Å². The van der Waals surface area contributed by atoms with Gasteiger partial charge in [-0.05, 0) is 19.4 Å². The number of hydrogen-bond donors (Lipinski definition) is 1. The third-order valence-electron chi connectivity index (χ3n) is 3.36. The molecule has 0 amide bonds. The average molecular weight is 471 g/mol. The Hall–Kier alpha value is -2.93. The first-order chi connectivity index (χ1) is 14.8. The summed E-state index contributed by atoms with van der Waals surface area (Å²) < 4.78 is 14.5. The number of thioether (sulfide) groups is 2. The normalized spacial score (nSPS) is 9.84. The van der Waals surface area contributed by atoms with E-state index in [-0.39, 0.29) is 35.9 Å². The van der Waals surface area contributed by atoms with Gasteiger partial charge in [-0.25, -0.2) is 14.8 Å². The lowest BCUT2D eigenvalue weighted by molar-refractivity contribution is -0.141. The highest BCUT2D eigenvalue weighted by Crippen LogP contribution is 2.20. The number of ether oxygens (including phenoxy) is 3. The number of nitrogens with zero attached hydrogens (tertiary/aromatic N) is 4. The number of aromatic nitrogens is 4. The Morgan fingerprint density at radius 1 is 0.935 bits per heavy atom. The molecule has 2 aromatic heterocycles. The van der Waals surface area contributed by atoms with Crippen LogP contribution in [-0.2, 0) is 9.53 Å². The van der Waals surface area contributed by atoms with Gasteiger partial charge in [0.25, 0.3) is 0 Å². The number of carboxylic acid groups (broad SMARTS) is 1. The molecule has 2 aromatic rings. The lowest BCUT2D eigenvalue weighted by Crippen LogP contribution is -2.13. The molecule has 31 heavy (non-hydrogen) atoms. The number of methoxy groups -OCH3 is 2. The molecule has 0 aliphatic carbocycles. The molecule has 0 aliphatic heterocycles. The van der Waals surface area contributed by atoms with Crippen molar-refractivity contribution >= 4 is 41.2 Å². The van der Waals surface area contributed by atoms with Gasteiger partial charge in [-0.15, -0.1) is 0 Å². The molecule has 0 atom stereocenters. The van der Waals surface area contributed by atoms with Gasteiger partial charge in [-0.1, -0.05) is 23.5 Å². The molecule has 2 rings (SSSR count). The monoisotopic (exact) mass is 470 g/mol. The van der Waals surface area contributed by atoms with E-state index >= 15 is 0 Å². The highest BCUT2D eigenvalue weighted by molar-refractivity contribution is 7.98. The van der Waals surface area contributed by atoms with Crippen molar-refractivity contribution in [2.75, 3.05) is 33.3 Å². The second kappa shape index (κ2) is 13.4. The van der Waals surface area contributed by atoms with Crippen molar-refractivity contribution in [1.29, 1.82) is 0 Å². The van der Waals surface area contributed by atoms with E-state index in [9.17, 15) is 14.4 Å². The van der Waals surface area contributed by atoms with Crippen LogP contribution in [0, 0.1) is 0 Å². The van der Waals surface area contributed by atoms with Gasteiger partial charge >= 0.3 is 11.9 Å². The lowest BCUT2D eigenvalue weighted by atomic mass is 10.1. The van der Waals surface area contributed by atoms with Crippen molar-refractivity contribution in [2.45, 2.75) is 23.7 Å². The van der Waals surface area contributed by atoms with Gasteiger partial charge in [-0.2, -0.15) is 9.97 Å². The van der Waals surface area contributed by atoms with Gasteiger partial charge in [0.2, 0.25) is 11.8 Å². The van der Waals surface area contributed by atoms with Crippen LogP contribution in [0.2, 0.25) is 0 Å². The zero-order valence-corrected chi connectivity index (χ0v) is 19.2. The minimum atomic E-state index is -1.09. The first-order valence-corrected chi connectivity index (χ1v) is 11.1. The Labute approximate surface area is 187 Å². The Bertz CT molecular complexity index is 928. The summed E-state index contributed by atoms with van der Waals surface area (Å²) in [5.41, 5.74) is 0.156. The predicted molar refractivity (Wildman–Crippen MR) is 113 cm³/mol. The molecule has 0 aromatic carbocycles. The van der Waals surface area contributed by atoms with Gasteiger partial charge in [0.1, 0.15) is 12.0 Å². The topological polar surface area (TPSA) is 151 Å². The zero-order chi connectivity index (χ0) is 23.4. The Kier molecular flexibility index (Phi) is 11.3. The van der Waals surface area contributed by atoms with Gasteiger partial charge in [0.15, 0.2) is 16.1 Å². The summed E-state index contributed by atoms with van der Waals surface area (Å²) in [6, 6.07) is 0. The Morgan fingerprint density at radius 2 is 1.42 bits per heavy atom. The summed E-state index contributed by atoms with van der Waals surface area (Å²) in [6.45, 7) is 1.92. The number of carbonyl (C=O) groups is 3. The SMILES string of the molecule is CCOC(=O)CC(=O)c1cnc(SC)nc1OC.COc1nc(SC)ncc1C(=O)O. The van der Waals surface area contributed by atoms with E-state index in [0.717, 1.165) is 0 Å². The second-order valence-electron chi connectivity index (χ2n) is 5.27. The number of rotatable bonds is 9. The van der Waals surface area contributed by atoms with Crippen molar-refractivity contribution in [1.82, 2.24) is 19.9 Å². The molecule has 0 radical (unpaired) electrons. The summed E-state index contributed by atoms with van der Waals surface area (Å²) in [5.74, 6) is -1.82. The minimum Gasteiger partial charge on any atom is -0.480 e. The van der Waals surface area contributed by atoms with Crippen LogP contribution in [-0.4, -0.2) is 76.1 Å². The van der Waals surface area contributed by atoms with Crippen molar-refractivity contribution in [2.24, 2.45) is 0 Å². The van der Waals surface area contributed by atoms with E-state index in [2.05, 4.69) is 19.9 Å². The molecule has 168 valence electrons. The maximum atomic E-state index is 11.8. The third kappa shape index (κ3) is 8.02. The number of hydrogen-bond acceptors (Lipinski definition) is 12. The number of Topliss-reactive ketones (excluding diaryl/α,β-unsaturated/α-hetero) is 1. The van der Waals surface area contributed by atoms with E-state index in [1.54, 1.807) is 13.2 Å². The van der Waals surface area contributed by atoms with Gasteiger partial charge in [-0.3, -0.25) is 9.59 Å². The molecule has 0 saturated carbocycles. The van der Waals surface area contributed by atoms with E-state index in [1.807, 2.05) is 6.26 Å². The standard InChI is InChI=1S/C11H14N2O4S.C7H8N2O3S/c1-4-17-9(15)5-8(14)7-6-12-11(18-3)13-10(7)16-2;1-12-5-4(6(10)11)3-8-7(9-5)13-2/h6H,4-5H2,1-3H3;3H,1-2H3,(H,10,11). The predicted octanol–water partition coefficient (Wildman–Crippen LogP) is 2.25. The molecule has 0 saturated heterocycles. The van der Waals surface area contributed by atoms with Crippen LogP contribution in [0.4, 0.5) is 0 Å². The molecule has 1 N–H and O–H groups in total. The Balaban J connectivity index is 0.000000327. The van der Waals surface area contributed by atoms with Crippen molar-refractivity contribution in [3.63, 3.8) is 0 Å². The van der Waals surface area contributed by atoms with Gasteiger partial charge < -0.3 is 19.3 Å². The summed E-state index contributed by atoms with van der Waals surface area (Å²) in [6.07, 6.45) is 5.87. The summed E-state index contributed by atoms with van der Waals surface area (Å²) in [5, 5.41) is 9.68. The maximum Gasteiger partial charge on any atom is 0.342 e. The fraction of sp³-hybridized carbons (Fsp3) is 0.389. The summed E-state index contributed by atoms with van der Waals surface area (Å²) in [7, 11) is 2.78. The molecule has 0 spiro atoms. The van der Waals surface area contributed by atoms with E-state index in [0.29, 0.717) is 10.3 Å². The van der Waals surface area contributed by atoms with Crippen LogP contribution in [0.1, 0.15) is 34.1 Å². The second-order valence-corrected chi connectivity index (χ2v) is 6.82. The minimum absolute atomic E-state index is 0.0275. The van der Waals surface area contributed by atoms with Crippen molar-refractivity contribution < 1.29 is 33.7 Å².